The van der Waals surface area contributed by atoms with Crippen LogP contribution in [0.1, 0.15) is 75.0 Å². The monoisotopic (exact) mass is 529 g/mol. The predicted molar refractivity (Wildman–Crippen MR) is 149 cm³/mol. The van der Waals surface area contributed by atoms with Crippen LogP contribution < -0.4 is 9.47 Å². The summed E-state index contributed by atoms with van der Waals surface area (Å²) in [5.74, 6) is 0.726. The molecular formula is C33H36FNO4. The molecule has 0 radical (unpaired) electrons. The maximum Gasteiger partial charge on any atom is 0.165 e. The Balaban J connectivity index is 1.65. The second kappa shape index (κ2) is 11.6. The van der Waals surface area contributed by atoms with E-state index in [1.807, 2.05) is 19.1 Å². The van der Waals surface area contributed by atoms with Gasteiger partial charge in [-0.15, -0.1) is 6.58 Å². The summed E-state index contributed by atoms with van der Waals surface area (Å²) in [7, 11) is 0. The highest BCUT2D eigenvalue weighted by molar-refractivity contribution is 6.06. The Kier molecular flexibility index (Phi) is 8.01. The van der Waals surface area contributed by atoms with Gasteiger partial charge in [0, 0.05) is 53.4 Å². The number of nitrogens with zero attached hydrogens (tertiary/aromatic N) is 1. The molecule has 2 aromatic carbocycles. The highest BCUT2D eigenvalue weighted by atomic mass is 19.1. The van der Waals surface area contributed by atoms with Gasteiger partial charge in [-0.1, -0.05) is 24.3 Å². The Labute approximate surface area is 230 Å². The fourth-order valence-electron chi connectivity index (χ4n) is 6.25. The molecule has 2 aliphatic carbocycles. The van der Waals surface area contributed by atoms with E-state index < -0.39 is 5.92 Å². The van der Waals surface area contributed by atoms with Crippen LogP contribution >= 0.6 is 0 Å². The van der Waals surface area contributed by atoms with Crippen molar-refractivity contribution in [3.05, 3.63) is 94.1 Å². The van der Waals surface area contributed by atoms with Crippen molar-refractivity contribution in [1.29, 1.82) is 0 Å². The van der Waals surface area contributed by atoms with Crippen molar-refractivity contribution >= 4 is 11.6 Å². The number of carbonyl (C=O) groups is 2. The first-order valence-corrected chi connectivity index (χ1v) is 14.0. The first-order valence-electron chi connectivity index (χ1n) is 14.0. The van der Waals surface area contributed by atoms with E-state index in [1.54, 1.807) is 12.1 Å². The average molecular weight is 530 g/mol. The van der Waals surface area contributed by atoms with E-state index in [1.165, 1.54) is 12.1 Å². The standard InChI is InChI=1S/C33H36FNO4/c1-4-9-22-18-23(19-29(38-6-3)33(22)39-20-21-14-16-24(34)17-15-21)30-31-25(10-7-12-27(31)36)35(5-2)26-11-8-13-28(37)32(26)30/h4,14-19,30H,1,5-13,20H2,2-3H3. The molecule has 3 aliphatic rings. The highest BCUT2D eigenvalue weighted by Crippen LogP contribution is 2.50. The van der Waals surface area contributed by atoms with Gasteiger partial charge < -0.3 is 14.4 Å². The van der Waals surface area contributed by atoms with Crippen molar-refractivity contribution in [2.75, 3.05) is 13.2 Å². The molecule has 0 saturated heterocycles. The number of ketones is 2. The Morgan fingerprint density at radius 2 is 1.59 bits per heavy atom. The molecular weight excluding hydrogens is 493 g/mol. The lowest BCUT2D eigenvalue weighted by molar-refractivity contribution is -0.117. The third-order valence-electron chi connectivity index (χ3n) is 7.85. The highest BCUT2D eigenvalue weighted by Gasteiger charge is 2.43. The number of benzene rings is 2. The molecule has 0 unspecified atom stereocenters. The molecule has 5 nitrogen and oxygen atoms in total. The van der Waals surface area contributed by atoms with Crippen molar-refractivity contribution in [3.63, 3.8) is 0 Å². The molecule has 39 heavy (non-hydrogen) atoms. The van der Waals surface area contributed by atoms with Gasteiger partial charge in [0.2, 0.25) is 0 Å². The molecule has 204 valence electrons. The van der Waals surface area contributed by atoms with Gasteiger partial charge in [0.05, 0.1) is 6.61 Å². The molecule has 5 rings (SSSR count). The van der Waals surface area contributed by atoms with Gasteiger partial charge in [0.1, 0.15) is 12.4 Å². The van der Waals surface area contributed by atoms with Crippen LogP contribution in [0.15, 0.2) is 71.6 Å². The van der Waals surface area contributed by atoms with Gasteiger partial charge in [-0.3, -0.25) is 9.59 Å². The summed E-state index contributed by atoms with van der Waals surface area (Å²) in [6.45, 7) is 9.38. The van der Waals surface area contributed by atoms with E-state index in [9.17, 15) is 14.0 Å². The molecule has 1 heterocycles. The van der Waals surface area contributed by atoms with Crippen LogP contribution in [-0.2, 0) is 22.6 Å². The Hall–Kier alpha value is -3.67. The molecule has 6 heteroatoms. The van der Waals surface area contributed by atoms with Gasteiger partial charge in [0.25, 0.3) is 0 Å². The smallest absolute Gasteiger partial charge is 0.165 e. The minimum atomic E-state index is -0.410. The van der Waals surface area contributed by atoms with Gasteiger partial charge in [-0.2, -0.15) is 0 Å². The van der Waals surface area contributed by atoms with Crippen LogP contribution in [0.3, 0.4) is 0 Å². The Morgan fingerprint density at radius 1 is 0.949 bits per heavy atom. The average Bonchev–Trinajstić information content (AvgIpc) is 2.93. The number of allylic oxidation sites excluding steroid dienone is 5. The minimum absolute atomic E-state index is 0.129. The summed E-state index contributed by atoms with van der Waals surface area (Å²) in [6.07, 6.45) is 6.69. The summed E-state index contributed by atoms with van der Waals surface area (Å²) < 4.78 is 25.8. The van der Waals surface area contributed by atoms with Crippen molar-refractivity contribution in [2.24, 2.45) is 0 Å². The van der Waals surface area contributed by atoms with Crippen LogP contribution in [0.4, 0.5) is 4.39 Å². The van der Waals surface area contributed by atoms with Gasteiger partial charge in [0.15, 0.2) is 23.1 Å². The van der Waals surface area contributed by atoms with Crippen molar-refractivity contribution in [2.45, 2.75) is 71.3 Å². The fourth-order valence-corrected chi connectivity index (χ4v) is 6.25. The summed E-state index contributed by atoms with van der Waals surface area (Å²) in [4.78, 5) is 29.3. The van der Waals surface area contributed by atoms with E-state index in [-0.39, 0.29) is 24.0 Å². The predicted octanol–water partition coefficient (Wildman–Crippen LogP) is 6.97. The SMILES string of the molecule is C=CCc1cc(C2C3=C(CCCC3=O)N(CC)C3=C2C(=O)CCC3)cc(OCC)c1OCc1ccc(F)cc1. The van der Waals surface area contributed by atoms with Crippen LogP contribution in [0.2, 0.25) is 0 Å². The summed E-state index contributed by atoms with van der Waals surface area (Å²) >= 11 is 0. The molecule has 0 saturated carbocycles. The number of carbonyl (C=O) groups excluding carboxylic acids is 2. The third kappa shape index (κ3) is 5.17. The van der Waals surface area contributed by atoms with Crippen LogP contribution in [0.5, 0.6) is 11.5 Å². The van der Waals surface area contributed by atoms with Crippen LogP contribution in [-0.4, -0.2) is 29.6 Å². The number of ether oxygens (including phenoxy) is 2. The molecule has 1 aliphatic heterocycles. The van der Waals surface area contributed by atoms with E-state index >= 15 is 0 Å². The topological polar surface area (TPSA) is 55.8 Å². The van der Waals surface area contributed by atoms with Gasteiger partial charge in [-0.05, 0) is 75.3 Å². The molecule has 0 atom stereocenters. The molecule has 0 amide bonds. The number of hydrogen-bond acceptors (Lipinski definition) is 5. The van der Waals surface area contributed by atoms with Crippen molar-refractivity contribution < 1.29 is 23.5 Å². The van der Waals surface area contributed by atoms with Crippen LogP contribution in [0.25, 0.3) is 0 Å². The normalized spacial score (nSPS) is 17.8. The van der Waals surface area contributed by atoms with Gasteiger partial charge >= 0.3 is 0 Å². The summed E-state index contributed by atoms with van der Waals surface area (Å²) in [6, 6.07) is 10.2. The van der Waals surface area contributed by atoms with Crippen LogP contribution in [0, 0.1) is 5.82 Å². The second-order valence-corrected chi connectivity index (χ2v) is 10.3. The number of hydrogen-bond donors (Lipinski definition) is 0. The number of Topliss-reactive ketones (excluding diaryl/α,β-unsaturated/α-hetero) is 2. The molecule has 0 spiro atoms. The van der Waals surface area contributed by atoms with E-state index in [4.69, 9.17) is 9.47 Å². The molecule has 0 bridgehead atoms. The lowest BCUT2D eigenvalue weighted by Gasteiger charge is -2.43. The third-order valence-corrected chi connectivity index (χ3v) is 7.85. The zero-order valence-electron chi connectivity index (χ0n) is 22.9. The van der Waals surface area contributed by atoms with Gasteiger partial charge in [-0.25, -0.2) is 4.39 Å². The zero-order valence-corrected chi connectivity index (χ0v) is 22.9. The zero-order chi connectivity index (χ0) is 27.5. The molecule has 2 aromatic rings. The molecule has 0 aromatic heterocycles. The quantitative estimate of drug-likeness (QED) is 0.329. The van der Waals surface area contributed by atoms with E-state index in [0.717, 1.165) is 71.5 Å². The molecule has 0 fully saturated rings. The Morgan fingerprint density at radius 3 is 2.15 bits per heavy atom. The van der Waals surface area contributed by atoms with E-state index in [2.05, 4.69) is 24.5 Å². The maximum atomic E-state index is 13.5. The minimum Gasteiger partial charge on any atom is -0.490 e. The lowest BCUT2D eigenvalue weighted by Crippen LogP contribution is -2.39. The first-order chi connectivity index (χ1) is 19.0. The molecule has 0 N–H and O–H groups in total. The first kappa shape index (κ1) is 26.9. The summed E-state index contributed by atoms with van der Waals surface area (Å²) in [5, 5.41) is 0. The number of rotatable bonds is 9. The summed E-state index contributed by atoms with van der Waals surface area (Å²) in [5.41, 5.74) is 6.28. The largest absolute Gasteiger partial charge is 0.490 e. The van der Waals surface area contributed by atoms with Crippen molar-refractivity contribution in [3.8, 4) is 11.5 Å². The second-order valence-electron chi connectivity index (χ2n) is 10.3. The van der Waals surface area contributed by atoms with E-state index in [0.29, 0.717) is 37.4 Å². The van der Waals surface area contributed by atoms with Crippen molar-refractivity contribution in [1.82, 2.24) is 4.90 Å². The lowest BCUT2D eigenvalue weighted by atomic mass is 9.70. The maximum absolute atomic E-state index is 13.5. The number of halogens is 1. The Bertz CT molecular complexity index is 1310. The fraction of sp³-hybridized carbons (Fsp3) is 0.394.